The van der Waals surface area contributed by atoms with Gasteiger partial charge in [0.1, 0.15) is 5.82 Å². The first-order valence-corrected chi connectivity index (χ1v) is 8.85. The molecule has 0 amide bonds. The lowest BCUT2D eigenvalue weighted by atomic mass is 10.0. The Hall–Kier alpha value is -1.95. The summed E-state index contributed by atoms with van der Waals surface area (Å²) in [5.74, 6) is 0.860. The van der Waals surface area contributed by atoms with E-state index < -0.39 is 0 Å². The zero-order valence-corrected chi connectivity index (χ0v) is 15.1. The lowest BCUT2D eigenvalue weighted by molar-refractivity contribution is 0.122. The molecule has 0 spiro atoms. The Labute approximate surface area is 153 Å². The van der Waals surface area contributed by atoms with Gasteiger partial charge in [-0.1, -0.05) is 30.4 Å². The molecule has 0 saturated carbocycles. The fourth-order valence-corrected chi connectivity index (χ4v) is 2.88. The zero-order valence-electron chi connectivity index (χ0n) is 14.3. The average Bonchev–Trinajstić information content (AvgIpc) is 2.66. The van der Waals surface area contributed by atoms with Crippen molar-refractivity contribution in [2.75, 3.05) is 44.4 Å². The largest absolute Gasteiger partial charge is 0.378 e. The second kappa shape index (κ2) is 8.94. The van der Waals surface area contributed by atoms with Gasteiger partial charge < -0.3 is 14.4 Å². The van der Waals surface area contributed by atoms with E-state index in [4.69, 9.17) is 21.1 Å². The molecule has 1 aromatic heterocycles. The Kier molecular flexibility index (Phi) is 6.39. The summed E-state index contributed by atoms with van der Waals surface area (Å²) in [5, 5.41) is 0.262. The summed E-state index contributed by atoms with van der Waals surface area (Å²) in [7, 11) is 0. The molecule has 2 heterocycles. The minimum absolute atomic E-state index is 0.262. The van der Waals surface area contributed by atoms with E-state index in [1.165, 1.54) is 0 Å². The number of morpholine rings is 1. The Morgan fingerprint density at radius 1 is 1.32 bits per heavy atom. The van der Waals surface area contributed by atoms with E-state index in [1.54, 1.807) is 6.20 Å². The molecule has 0 radical (unpaired) electrons. The van der Waals surface area contributed by atoms with Gasteiger partial charge in [-0.15, -0.1) is 0 Å². The Balaban J connectivity index is 1.89. The summed E-state index contributed by atoms with van der Waals surface area (Å²) in [5.41, 5.74) is 3.16. The van der Waals surface area contributed by atoms with E-state index in [0.717, 1.165) is 42.2 Å². The molecule has 1 aromatic carbocycles. The Bertz CT molecular complexity index is 730. The number of hydrogen-bond donors (Lipinski definition) is 0. The molecule has 25 heavy (non-hydrogen) atoms. The maximum Gasteiger partial charge on any atom is 0.224 e. The van der Waals surface area contributed by atoms with Gasteiger partial charge in [-0.3, -0.25) is 0 Å². The minimum atomic E-state index is 0.262. The number of aromatic nitrogens is 2. The molecule has 1 saturated heterocycles. The van der Waals surface area contributed by atoms with Crippen molar-refractivity contribution >= 4 is 23.5 Å². The van der Waals surface area contributed by atoms with Crippen LogP contribution in [-0.2, 0) is 9.47 Å². The molecule has 0 unspecified atom stereocenters. The molecule has 0 aliphatic carbocycles. The zero-order chi connectivity index (χ0) is 17.5. The fourth-order valence-electron chi connectivity index (χ4n) is 2.75. The first kappa shape index (κ1) is 17.9. The van der Waals surface area contributed by atoms with Crippen molar-refractivity contribution in [3.8, 4) is 11.1 Å². The van der Waals surface area contributed by atoms with Crippen LogP contribution in [0.4, 0.5) is 5.82 Å². The average molecular weight is 360 g/mol. The quantitative estimate of drug-likeness (QED) is 0.581. The third-order valence-electron chi connectivity index (χ3n) is 3.98. The monoisotopic (exact) mass is 359 g/mol. The van der Waals surface area contributed by atoms with Crippen molar-refractivity contribution in [2.24, 2.45) is 0 Å². The van der Waals surface area contributed by atoms with Gasteiger partial charge in [-0.25, -0.2) is 4.98 Å². The third-order valence-corrected chi connectivity index (χ3v) is 4.16. The van der Waals surface area contributed by atoms with Gasteiger partial charge in [0.25, 0.3) is 0 Å². The van der Waals surface area contributed by atoms with Crippen molar-refractivity contribution in [3.63, 3.8) is 0 Å². The van der Waals surface area contributed by atoms with Crippen LogP contribution >= 0.6 is 11.6 Å². The lowest BCUT2D eigenvalue weighted by Crippen LogP contribution is -2.37. The number of ether oxygens (including phenoxy) is 2. The summed E-state index contributed by atoms with van der Waals surface area (Å²) >= 11 is 6.05. The van der Waals surface area contributed by atoms with Crippen LogP contribution in [-0.4, -0.2) is 49.5 Å². The summed E-state index contributed by atoms with van der Waals surface area (Å²) in [6, 6.07) is 8.29. The molecule has 3 rings (SSSR count). The predicted octanol–water partition coefficient (Wildman–Crippen LogP) is 3.68. The molecule has 2 aromatic rings. The van der Waals surface area contributed by atoms with E-state index in [-0.39, 0.29) is 5.28 Å². The highest BCUT2D eigenvalue weighted by Gasteiger charge is 2.18. The van der Waals surface area contributed by atoms with Crippen LogP contribution in [0.5, 0.6) is 0 Å². The van der Waals surface area contributed by atoms with Crippen molar-refractivity contribution in [1.82, 2.24) is 9.97 Å². The van der Waals surface area contributed by atoms with Gasteiger partial charge in [0.05, 0.1) is 19.8 Å². The molecule has 5 nitrogen and oxygen atoms in total. The minimum Gasteiger partial charge on any atom is -0.378 e. The van der Waals surface area contributed by atoms with E-state index in [2.05, 4.69) is 39.1 Å². The van der Waals surface area contributed by atoms with Gasteiger partial charge in [-0.2, -0.15) is 4.98 Å². The summed E-state index contributed by atoms with van der Waals surface area (Å²) in [6.45, 7) is 6.31. The van der Waals surface area contributed by atoms with Gasteiger partial charge in [0, 0.05) is 31.5 Å². The van der Waals surface area contributed by atoms with E-state index in [9.17, 15) is 0 Å². The molecule has 1 aliphatic rings. The Morgan fingerprint density at radius 2 is 2.16 bits per heavy atom. The summed E-state index contributed by atoms with van der Waals surface area (Å²) in [6.07, 6.45) is 5.87. The maximum absolute atomic E-state index is 6.05. The van der Waals surface area contributed by atoms with Crippen LogP contribution in [0.1, 0.15) is 12.5 Å². The van der Waals surface area contributed by atoms with E-state index in [0.29, 0.717) is 19.8 Å². The highest BCUT2D eigenvalue weighted by molar-refractivity contribution is 6.28. The van der Waals surface area contributed by atoms with Crippen LogP contribution in [0, 0.1) is 0 Å². The molecule has 1 fully saturated rings. The molecule has 0 bridgehead atoms. The first-order chi connectivity index (χ1) is 12.3. The SMILES string of the molecule is CCOCC=Cc1cccc(-c2cnc(Cl)nc2N2CCOCC2)c1. The number of rotatable bonds is 6. The van der Waals surface area contributed by atoms with Crippen LogP contribution in [0.15, 0.2) is 36.5 Å². The van der Waals surface area contributed by atoms with Crippen molar-refractivity contribution in [2.45, 2.75) is 6.92 Å². The molecule has 0 atom stereocenters. The fraction of sp³-hybridized carbons (Fsp3) is 0.368. The van der Waals surface area contributed by atoms with E-state index >= 15 is 0 Å². The Morgan fingerprint density at radius 3 is 2.96 bits per heavy atom. The normalized spacial score (nSPS) is 15.0. The molecular formula is C19H22ClN3O2. The van der Waals surface area contributed by atoms with Gasteiger partial charge >= 0.3 is 0 Å². The highest BCUT2D eigenvalue weighted by atomic mass is 35.5. The van der Waals surface area contributed by atoms with Gasteiger partial charge in [0.15, 0.2) is 0 Å². The number of halogens is 1. The number of benzene rings is 1. The standard InChI is InChI=1S/C19H22ClN3O2/c1-2-24-10-4-6-15-5-3-7-16(13-15)17-14-21-19(20)22-18(17)23-8-11-25-12-9-23/h3-7,13-14H,2,8-12H2,1H3. The molecule has 1 aliphatic heterocycles. The van der Waals surface area contributed by atoms with Crippen molar-refractivity contribution in [3.05, 3.63) is 47.4 Å². The van der Waals surface area contributed by atoms with Gasteiger partial charge in [-0.05, 0) is 35.7 Å². The summed E-state index contributed by atoms with van der Waals surface area (Å²) in [4.78, 5) is 10.9. The molecule has 0 N–H and O–H groups in total. The van der Waals surface area contributed by atoms with Gasteiger partial charge in [0.2, 0.25) is 5.28 Å². The second-order valence-electron chi connectivity index (χ2n) is 5.66. The number of hydrogen-bond acceptors (Lipinski definition) is 5. The van der Waals surface area contributed by atoms with E-state index in [1.807, 2.05) is 19.1 Å². The number of nitrogens with zero attached hydrogens (tertiary/aromatic N) is 3. The number of anilines is 1. The molecular weight excluding hydrogens is 338 g/mol. The third kappa shape index (κ3) is 4.78. The van der Waals surface area contributed by atoms with Crippen LogP contribution in [0.25, 0.3) is 17.2 Å². The predicted molar refractivity (Wildman–Crippen MR) is 101 cm³/mol. The lowest BCUT2D eigenvalue weighted by Gasteiger charge is -2.29. The van der Waals surface area contributed by atoms with Crippen LogP contribution in [0.3, 0.4) is 0 Å². The van der Waals surface area contributed by atoms with Crippen molar-refractivity contribution < 1.29 is 9.47 Å². The smallest absolute Gasteiger partial charge is 0.224 e. The maximum atomic E-state index is 6.05. The first-order valence-electron chi connectivity index (χ1n) is 8.48. The molecule has 6 heteroatoms. The molecule has 132 valence electrons. The topological polar surface area (TPSA) is 47.5 Å². The van der Waals surface area contributed by atoms with Crippen LogP contribution in [0.2, 0.25) is 5.28 Å². The highest BCUT2D eigenvalue weighted by Crippen LogP contribution is 2.30. The second-order valence-corrected chi connectivity index (χ2v) is 6.00. The summed E-state index contributed by atoms with van der Waals surface area (Å²) < 4.78 is 10.8. The van der Waals surface area contributed by atoms with Crippen LogP contribution < -0.4 is 4.90 Å². The van der Waals surface area contributed by atoms with Crippen molar-refractivity contribution in [1.29, 1.82) is 0 Å².